The Balaban J connectivity index is 1.52. The van der Waals surface area contributed by atoms with Crippen LogP contribution in [0, 0.1) is 5.41 Å². The highest BCUT2D eigenvalue weighted by Crippen LogP contribution is 2.41. The maximum absolute atomic E-state index is 12.5. The van der Waals surface area contributed by atoms with Crippen LogP contribution in [0.1, 0.15) is 24.8 Å². The molecule has 0 radical (unpaired) electrons. The molecule has 2 heterocycles. The minimum absolute atomic E-state index is 0.0210. The van der Waals surface area contributed by atoms with Gasteiger partial charge < -0.3 is 19.3 Å². The van der Waals surface area contributed by atoms with Crippen LogP contribution in [0.2, 0.25) is 5.02 Å². The van der Waals surface area contributed by atoms with E-state index in [2.05, 4.69) is 0 Å². The molecule has 0 unspecified atom stereocenters. The van der Waals surface area contributed by atoms with Gasteiger partial charge in [-0.2, -0.15) is 0 Å². The Kier molecular flexibility index (Phi) is 6.04. The van der Waals surface area contributed by atoms with Crippen molar-refractivity contribution in [3.63, 3.8) is 0 Å². The molecule has 0 N–H and O–H groups in total. The van der Waals surface area contributed by atoms with Crippen LogP contribution >= 0.6 is 11.6 Å². The quantitative estimate of drug-likeness (QED) is 0.737. The van der Waals surface area contributed by atoms with Crippen LogP contribution in [-0.4, -0.2) is 61.8 Å². The summed E-state index contributed by atoms with van der Waals surface area (Å²) in [5.41, 5.74) is 1.06. The maximum atomic E-state index is 12.5. The first-order valence-electron chi connectivity index (χ1n) is 8.94. The predicted octanol–water partition coefficient (Wildman–Crippen LogP) is 2.94. The number of carbonyl (C=O) groups excluding carboxylic acids is 2. The summed E-state index contributed by atoms with van der Waals surface area (Å²) >= 11 is 5.92. The van der Waals surface area contributed by atoms with Gasteiger partial charge in [-0.05, 0) is 30.5 Å². The second kappa shape index (κ2) is 8.27. The number of rotatable bonds is 5. The fourth-order valence-electron chi connectivity index (χ4n) is 3.74. The zero-order valence-electron chi connectivity index (χ0n) is 15.1. The summed E-state index contributed by atoms with van der Waals surface area (Å²) in [6.07, 6.45) is 1.93. The third kappa shape index (κ3) is 4.48. The van der Waals surface area contributed by atoms with Crippen LogP contribution in [0.25, 0.3) is 0 Å². The van der Waals surface area contributed by atoms with E-state index in [0.29, 0.717) is 37.7 Å². The molecular weight excluding hydrogens is 356 g/mol. The number of carbonyl (C=O) groups is 2. The molecule has 1 aromatic carbocycles. The molecule has 1 spiro atoms. The minimum atomic E-state index is -0.292. The van der Waals surface area contributed by atoms with Gasteiger partial charge in [-0.25, -0.2) is 4.79 Å². The van der Waals surface area contributed by atoms with Crippen LogP contribution in [0.3, 0.4) is 0 Å². The average Bonchev–Trinajstić information content (AvgIpc) is 2.92. The molecule has 2 aliphatic heterocycles. The van der Waals surface area contributed by atoms with Crippen molar-refractivity contribution in [2.24, 2.45) is 5.41 Å². The monoisotopic (exact) mass is 380 g/mol. The van der Waals surface area contributed by atoms with Crippen LogP contribution in [0.15, 0.2) is 24.3 Å². The summed E-state index contributed by atoms with van der Waals surface area (Å²) in [5.74, 6) is 0.191. The number of methoxy groups -OCH3 is 1. The van der Waals surface area contributed by atoms with Gasteiger partial charge in [0.05, 0.1) is 6.61 Å². The van der Waals surface area contributed by atoms with E-state index in [0.717, 1.165) is 24.9 Å². The Bertz CT molecular complexity index is 641. The SMILES string of the molecule is COCCOC(=O)N1CCC2(CC1)CC(=O)N(Cc1ccc(Cl)cc1)C2. The molecule has 3 rings (SSSR count). The van der Waals surface area contributed by atoms with Gasteiger partial charge in [0.25, 0.3) is 0 Å². The molecule has 2 aliphatic rings. The van der Waals surface area contributed by atoms with Crippen molar-refractivity contribution in [1.29, 1.82) is 0 Å². The van der Waals surface area contributed by atoms with E-state index in [9.17, 15) is 9.59 Å². The Morgan fingerprint density at radius 2 is 1.88 bits per heavy atom. The molecule has 2 saturated heterocycles. The van der Waals surface area contributed by atoms with Crippen LogP contribution in [0.4, 0.5) is 4.79 Å². The van der Waals surface area contributed by atoms with Gasteiger partial charge in [0, 0.05) is 50.1 Å². The molecule has 1 aromatic rings. The van der Waals surface area contributed by atoms with Gasteiger partial charge in [0.1, 0.15) is 6.61 Å². The number of amides is 2. The van der Waals surface area contributed by atoms with Crippen LogP contribution in [-0.2, 0) is 20.8 Å². The topological polar surface area (TPSA) is 59.1 Å². The van der Waals surface area contributed by atoms with Gasteiger partial charge in [-0.3, -0.25) is 4.79 Å². The molecule has 142 valence electrons. The van der Waals surface area contributed by atoms with Crippen molar-refractivity contribution in [1.82, 2.24) is 9.80 Å². The minimum Gasteiger partial charge on any atom is -0.447 e. The number of likely N-dealkylation sites (tertiary alicyclic amines) is 2. The van der Waals surface area contributed by atoms with Crippen LogP contribution in [0.5, 0.6) is 0 Å². The van der Waals surface area contributed by atoms with Crippen LogP contribution < -0.4 is 0 Å². The molecule has 0 aromatic heterocycles. The summed E-state index contributed by atoms with van der Waals surface area (Å²) in [6, 6.07) is 7.61. The Morgan fingerprint density at radius 3 is 2.54 bits per heavy atom. The molecule has 0 bridgehead atoms. The number of hydrogen-bond acceptors (Lipinski definition) is 4. The molecule has 0 saturated carbocycles. The molecule has 0 aliphatic carbocycles. The fourth-order valence-corrected chi connectivity index (χ4v) is 3.86. The van der Waals surface area contributed by atoms with E-state index >= 15 is 0 Å². The number of benzene rings is 1. The fraction of sp³-hybridized carbons (Fsp3) is 0.579. The van der Waals surface area contributed by atoms with Crippen molar-refractivity contribution >= 4 is 23.6 Å². The number of halogens is 1. The second-order valence-electron chi connectivity index (χ2n) is 7.15. The van der Waals surface area contributed by atoms with Gasteiger partial charge in [0.2, 0.25) is 5.91 Å². The lowest BCUT2D eigenvalue weighted by Gasteiger charge is -2.38. The lowest BCUT2D eigenvalue weighted by atomic mass is 9.78. The Labute approximate surface area is 159 Å². The largest absolute Gasteiger partial charge is 0.447 e. The summed E-state index contributed by atoms with van der Waals surface area (Å²) < 4.78 is 10.1. The highest BCUT2D eigenvalue weighted by molar-refractivity contribution is 6.30. The van der Waals surface area contributed by atoms with Gasteiger partial charge in [-0.1, -0.05) is 23.7 Å². The van der Waals surface area contributed by atoms with E-state index in [1.165, 1.54) is 0 Å². The van der Waals surface area contributed by atoms with Gasteiger partial charge in [-0.15, -0.1) is 0 Å². The normalized spacial score (nSPS) is 19.2. The molecule has 6 nitrogen and oxygen atoms in total. The second-order valence-corrected chi connectivity index (χ2v) is 7.58. The summed E-state index contributed by atoms with van der Waals surface area (Å²) in [5, 5.41) is 0.697. The number of piperidine rings is 1. The van der Waals surface area contributed by atoms with Crippen molar-refractivity contribution in [2.45, 2.75) is 25.8 Å². The molecule has 2 amide bonds. The van der Waals surface area contributed by atoms with E-state index < -0.39 is 0 Å². The van der Waals surface area contributed by atoms with Crippen molar-refractivity contribution in [3.8, 4) is 0 Å². The van der Waals surface area contributed by atoms with Crippen molar-refractivity contribution in [2.75, 3.05) is 40.0 Å². The van der Waals surface area contributed by atoms with E-state index in [1.54, 1.807) is 12.0 Å². The van der Waals surface area contributed by atoms with Gasteiger partial charge >= 0.3 is 6.09 Å². The Hall–Kier alpha value is -1.79. The maximum Gasteiger partial charge on any atom is 0.409 e. The number of hydrogen-bond donors (Lipinski definition) is 0. The highest BCUT2D eigenvalue weighted by atomic mass is 35.5. The lowest BCUT2D eigenvalue weighted by Crippen LogP contribution is -2.44. The van der Waals surface area contributed by atoms with E-state index in [1.807, 2.05) is 29.2 Å². The summed E-state index contributed by atoms with van der Waals surface area (Å²) in [6.45, 7) is 3.30. The molecule has 0 atom stereocenters. The third-order valence-electron chi connectivity index (χ3n) is 5.29. The predicted molar refractivity (Wildman–Crippen MR) is 98.0 cm³/mol. The lowest BCUT2D eigenvalue weighted by molar-refractivity contribution is -0.128. The smallest absolute Gasteiger partial charge is 0.409 e. The number of nitrogens with zero attached hydrogens (tertiary/aromatic N) is 2. The summed E-state index contributed by atoms with van der Waals surface area (Å²) in [4.78, 5) is 28.2. The zero-order valence-corrected chi connectivity index (χ0v) is 15.8. The van der Waals surface area contributed by atoms with E-state index in [-0.39, 0.29) is 24.0 Å². The molecular formula is C19H25ClN2O4. The first kappa shape index (κ1) is 19.0. The molecule has 26 heavy (non-hydrogen) atoms. The van der Waals surface area contributed by atoms with E-state index in [4.69, 9.17) is 21.1 Å². The van der Waals surface area contributed by atoms with Crippen molar-refractivity contribution in [3.05, 3.63) is 34.9 Å². The first-order chi connectivity index (χ1) is 12.5. The Morgan fingerprint density at radius 1 is 1.19 bits per heavy atom. The van der Waals surface area contributed by atoms with Crippen molar-refractivity contribution < 1.29 is 19.1 Å². The molecule has 2 fully saturated rings. The number of ether oxygens (including phenoxy) is 2. The zero-order chi connectivity index (χ0) is 18.6. The highest BCUT2D eigenvalue weighted by Gasteiger charge is 2.45. The molecule has 7 heteroatoms. The van der Waals surface area contributed by atoms with Gasteiger partial charge in [0.15, 0.2) is 0 Å². The average molecular weight is 381 g/mol. The summed E-state index contributed by atoms with van der Waals surface area (Å²) in [7, 11) is 1.57. The first-order valence-corrected chi connectivity index (χ1v) is 9.32. The third-order valence-corrected chi connectivity index (χ3v) is 5.54. The standard InChI is InChI=1S/C19H25ClN2O4/c1-25-10-11-26-18(24)21-8-6-19(7-9-21)12-17(23)22(14-19)13-15-2-4-16(20)5-3-15/h2-5H,6-14H2,1H3.